The zero-order chi connectivity index (χ0) is 37.9. The van der Waals surface area contributed by atoms with Crippen molar-refractivity contribution in [1.29, 1.82) is 0 Å². The van der Waals surface area contributed by atoms with Crippen LogP contribution in [-0.4, -0.2) is 58.9 Å². The molecule has 1 saturated carbocycles. The number of aliphatic carboxylic acids is 1. The molecule has 9 nitrogen and oxygen atoms in total. The first-order valence-electron chi connectivity index (χ1n) is 16.5. The summed E-state index contributed by atoms with van der Waals surface area (Å²) in [5.41, 5.74) is 2.07. The Bertz CT molecular complexity index is 1750. The molecule has 0 aromatic heterocycles. The number of carboxylic acid groups (broad SMARTS) is 1. The van der Waals surface area contributed by atoms with Gasteiger partial charge in [0.1, 0.15) is 0 Å². The summed E-state index contributed by atoms with van der Waals surface area (Å²) in [6.07, 6.45) is 21.3. The SMILES string of the molecule is CC(C=CC=C(C)C=CC(=O)C1(C)CC(O)CC1(C)C(=O)O)=CC=CC=C(C)C=CC=C(C#CC1=C(C)CC(OS(=O)(=O)O)CC1(C)C)CO. The highest BCUT2D eigenvalue weighted by molar-refractivity contribution is 7.80. The third kappa shape index (κ3) is 12.2. The highest BCUT2D eigenvalue weighted by Gasteiger charge is 2.60. The van der Waals surface area contributed by atoms with Crippen LogP contribution in [-0.2, 0) is 24.2 Å². The first kappa shape index (κ1) is 42.3. The standard InChI is InChI=1S/C40H52O9S/c1-28(15-11-16-30(3)19-22-36(43)39(7)24-33(42)25-40(39,8)37(44)45)13-9-10-14-29(2)17-12-18-32(27-41)20-21-35-31(4)23-34(26-38(35,5)6)49-50(46,47)48/h9-19,22,33-34,41-42H,23-27H2,1-8H3,(H,44,45)(H,46,47,48). The van der Waals surface area contributed by atoms with E-state index in [0.717, 1.165) is 27.9 Å². The second-order valence-corrected chi connectivity index (χ2v) is 15.3. The van der Waals surface area contributed by atoms with Crippen LogP contribution in [0.5, 0.6) is 0 Å². The lowest BCUT2D eigenvalue weighted by molar-refractivity contribution is -0.157. The smallest absolute Gasteiger partial charge is 0.397 e. The number of hydrogen-bond donors (Lipinski definition) is 4. The number of carbonyl (C=O) groups excluding carboxylic acids is 1. The van der Waals surface area contributed by atoms with E-state index in [1.54, 1.807) is 19.1 Å². The number of carboxylic acids is 1. The van der Waals surface area contributed by atoms with Gasteiger partial charge in [-0.25, -0.2) is 4.18 Å². The number of aliphatic hydroxyl groups excluding tert-OH is 2. The molecule has 1 fully saturated rings. The Hall–Kier alpha value is -3.85. The molecule has 4 atom stereocenters. The van der Waals surface area contributed by atoms with Gasteiger partial charge >= 0.3 is 16.4 Å². The predicted molar refractivity (Wildman–Crippen MR) is 197 cm³/mol. The van der Waals surface area contributed by atoms with E-state index in [4.69, 9.17) is 8.74 Å². The number of rotatable bonds is 13. The highest BCUT2D eigenvalue weighted by atomic mass is 32.3. The van der Waals surface area contributed by atoms with Crippen molar-refractivity contribution in [2.75, 3.05) is 6.61 Å². The van der Waals surface area contributed by atoms with Crippen molar-refractivity contribution in [3.05, 3.63) is 106 Å². The summed E-state index contributed by atoms with van der Waals surface area (Å²) in [6.45, 7) is 14.4. The molecule has 50 heavy (non-hydrogen) atoms. The fourth-order valence-corrected chi connectivity index (χ4v) is 6.84. The predicted octanol–water partition coefficient (Wildman–Crippen LogP) is 7.12. The fourth-order valence-electron chi connectivity index (χ4n) is 6.36. The Kier molecular flexibility index (Phi) is 15.1. The minimum absolute atomic E-state index is 0.0472. The highest BCUT2D eigenvalue weighted by Crippen LogP contribution is 2.53. The molecule has 2 aliphatic rings. The van der Waals surface area contributed by atoms with Crippen LogP contribution < -0.4 is 0 Å². The van der Waals surface area contributed by atoms with Crippen molar-refractivity contribution < 1.29 is 42.1 Å². The summed E-state index contributed by atoms with van der Waals surface area (Å²) in [4.78, 5) is 24.9. The fraction of sp³-hybridized carbons (Fsp3) is 0.450. The first-order valence-corrected chi connectivity index (χ1v) is 17.9. The van der Waals surface area contributed by atoms with Gasteiger partial charge in [-0.3, -0.25) is 14.1 Å². The van der Waals surface area contributed by atoms with Gasteiger partial charge in [0.2, 0.25) is 0 Å². The minimum Gasteiger partial charge on any atom is -0.481 e. The normalized spacial score (nSPS) is 27.2. The Balaban J connectivity index is 1.99. The number of carbonyl (C=O) groups is 2. The number of hydrogen-bond acceptors (Lipinski definition) is 7. The van der Waals surface area contributed by atoms with Crippen LogP contribution in [0.3, 0.4) is 0 Å². The van der Waals surface area contributed by atoms with Gasteiger partial charge in [-0.2, -0.15) is 8.42 Å². The third-order valence-electron chi connectivity index (χ3n) is 9.37. The number of allylic oxidation sites excluding steroid dienone is 16. The topological polar surface area (TPSA) is 158 Å². The van der Waals surface area contributed by atoms with Gasteiger partial charge in [0, 0.05) is 22.0 Å². The summed E-state index contributed by atoms with van der Waals surface area (Å²) in [5, 5.41) is 29.6. The Labute approximate surface area is 297 Å². The molecule has 0 radical (unpaired) electrons. The van der Waals surface area contributed by atoms with E-state index < -0.39 is 44.8 Å². The Morgan fingerprint density at radius 2 is 1.36 bits per heavy atom. The average Bonchev–Trinajstić information content (AvgIpc) is 3.24. The Morgan fingerprint density at radius 1 is 0.840 bits per heavy atom. The molecular formula is C40H52O9S. The summed E-state index contributed by atoms with van der Waals surface area (Å²) >= 11 is 0. The monoisotopic (exact) mass is 708 g/mol. The molecule has 4 unspecified atom stereocenters. The molecule has 4 N–H and O–H groups in total. The van der Waals surface area contributed by atoms with Crippen molar-refractivity contribution in [2.24, 2.45) is 16.2 Å². The molecule has 2 aliphatic carbocycles. The molecule has 0 heterocycles. The van der Waals surface area contributed by atoms with E-state index in [1.807, 2.05) is 96.2 Å². The molecule has 2 rings (SSSR count). The number of ketones is 1. The lowest BCUT2D eigenvalue weighted by Crippen LogP contribution is -2.44. The molecule has 0 aliphatic heterocycles. The minimum atomic E-state index is -4.54. The summed E-state index contributed by atoms with van der Waals surface area (Å²) < 4.78 is 36.2. The molecule has 0 saturated heterocycles. The van der Waals surface area contributed by atoms with Crippen LogP contribution in [0.4, 0.5) is 0 Å². The number of aliphatic hydroxyl groups is 2. The van der Waals surface area contributed by atoms with Crippen LogP contribution in [0.2, 0.25) is 0 Å². The molecule has 0 amide bonds. The maximum atomic E-state index is 13.0. The van der Waals surface area contributed by atoms with E-state index in [9.17, 15) is 33.3 Å². The lowest BCUT2D eigenvalue weighted by atomic mass is 9.65. The summed E-state index contributed by atoms with van der Waals surface area (Å²) in [6, 6.07) is 0. The van der Waals surface area contributed by atoms with Crippen molar-refractivity contribution in [3.63, 3.8) is 0 Å². The van der Waals surface area contributed by atoms with E-state index in [-0.39, 0.29) is 25.2 Å². The van der Waals surface area contributed by atoms with Gasteiger partial charge in [-0.15, -0.1) is 0 Å². The van der Waals surface area contributed by atoms with Gasteiger partial charge in [0.15, 0.2) is 5.78 Å². The molecular weight excluding hydrogens is 656 g/mol. The van der Waals surface area contributed by atoms with Crippen molar-refractivity contribution >= 4 is 22.2 Å². The molecule has 10 heteroatoms. The van der Waals surface area contributed by atoms with E-state index in [1.165, 1.54) is 13.0 Å². The molecule has 0 aromatic rings. The van der Waals surface area contributed by atoms with Gasteiger partial charge in [-0.05, 0) is 72.5 Å². The van der Waals surface area contributed by atoms with Crippen LogP contribution in [0.25, 0.3) is 0 Å². The summed E-state index contributed by atoms with van der Waals surface area (Å²) in [5.74, 6) is 4.79. The van der Waals surface area contributed by atoms with Gasteiger partial charge in [0.05, 0.1) is 24.2 Å². The maximum Gasteiger partial charge on any atom is 0.397 e. The van der Waals surface area contributed by atoms with Gasteiger partial charge < -0.3 is 15.3 Å². The van der Waals surface area contributed by atoms with Crippen LogP contribution in [0, 0.1) is 28.1 Å². The van der Waals surface area contributed by atoms with Crippen molar-refractivity contribution in [2.45, 2.75) is 93.3 Å². The molecule has 0 aromatic carbocycles. The molecule has 272 valence electrons. The van der Waals surface area contributed by atoms with Crippen LogP contribution in [0.15, 0.2) is 106 Å². The summed E-state index contributed by atoms with van der Waals surface area (Å²) in [7, 11) is -4.54. The second kappa shape index (κ2) is 17.9. The largest absolute Gasteiger partial charge is 0.481 e. The quantitative estimate of drug-likeness (QED) is 0.0677. The zero-order valence-electron chi connectivity index (χ0n) is 30.4. The van der Waals surface area contributed by atoms with Crippen molar-refractivity contribution in [3.8, 4) is 11.8 Å². The Morgan fingerprint density at radius 3 is 1.88 bits per heavy atom. The van der Waals surface area contributed by atoms with Crippen LogP contribution >= 0.6 is 0 Å². The third-order valence-corrected chi connectivity index (χ3v) is 9.89. The lowest BCUT2D eigenvalue weighted by Gasteiger charge is -2.35. The second-order valence-electron chi connectivity index (χ2n) is 14.3. The zero-order valence-corrected chi connectivity index (χ0v) is 31.2. The molecule has 0 spiro atoms. The van der Waals surface area contributed by atoms with E-state index in [0.29, 0.717) is 18.4 Å². The molecule has 0 bridgehead atoms. The average molecular weight is 709 g/mol. The first-order chi connectivity index (χ1) is 23.1. The van der Waals surface area contributed by atoms with E-state index >= 15 is 0 Å². The van der Waals surface area contributed by atoms with Crippen molar-refractivity contribution in [1.82, 2.24) is 0 Å². The van der Waals surface area contributed by atoms with E-state index in [2.05, 4.69) is 11.8 Å². The maximum absolute atomic E-state index is 13.0. The van der Waals surface area contributed by atoms with Crippen LogP contribution in [0.1, 0.15) is 81.1 Å². The van der Waals surface area contributed by atoms with Gasteiger partial charge in [0.25, 0.3) is 0 Å². The van der Waals surface area contributed by atoms with Gasteiger partial charge in [-0.1, -0.05) is 116 Å².